The summed E-state index contributed by atoms with van der Waals surface area (Å²) in [5, 5.41) is 12.7. The maximum Gasteiger partial charge on any atom is 0.305 e. The van der Waals surface area contributed by atoms with Gasteiger partial charge in [0, 0.05) is 12.8 Å². The van der Waals surface area contributed by atoms with E-state index in [9.17, 15) is 9.59 Å². The van der Waals surface area contributed by atoms with E-state index in [-0.39, 0.29) is 18.9 Å². The maximum absolute atomic E-state index is 12.7. The Morgan fingerprint density at radius 2 is 2.35 bits per heavy atom. The number of pyridine rings is 1. The molecule has 3 heterocycles. The fourth-order valence-electron chi connectivity index (χ4n) is 2.80. The third-order valence-electron chi connectivity index (χ3n) is 3.89. The number of fused-ring (bicyclic) bond motifs is 1. The van der Waals surface area contributed by atoms with E-state index in [0.717, 1.165) is 0 Å². The molecule has 2 N–H and O–H groups in total. The first-order valence-corrected chi connectivity index (χ1v) is 8.40. The smallest absolute Gasteiger partial charge is 0.305 e. The van der Waals surface area contributed by atoms with Gasteiger partial charge in [0.2, 0.25) is 0 Å². The molecule has 1 fully saturated rings. The molecule has 23 heavy (non-hydrogen) atoms. The summed E-state index contributed by atoms with van der Waals surface area (Å²) in [4.78, 5) is 28.2. The first-order valence-electron chi connectivity index (χ1n) is 7.18. The lowest BCUT2D eigenvalue weighted by molar-refractivity contribution is -0.138. The monoisotopic (exact) mass is 335 g/mol. The van der Waals surface area contributed by atoms with E-state index in [4.69, 9.17) is 9.84 Å². The minimum atomic E-state index is -0.963. The normalized spacial score (nSPS) is 20.7. The predicted molar refractivity (Wildman–Crippen MR) is 84.9 cm³/mol. The average molecular weight is 335 g/mol. The summed E-state index contributed by atoms with van der Waals surface area (Å²) in [6.45, 7) is 0.639. The van der Waals surface area contributed by atoms with Crippen LogP contribution < -0.4 is 5.32 Å². The summed E-state index contributed by atoms with van der Waals surface area (Å²) in [5.74, 6) is -1.34. The second-order valence-corrected chi connectivity index (χ2v) is 6.28. The van der Waals surface area contributed by atoms with Gasteiger partial charge in [-0.3, -0.25) is 14.0 Å². The Morgan fingerprint density at radius 1 is 1.52 bits per heavy atom. The highest BCUT2D eigenvalue weighted by atomic mass is 32.2. The Kier molecular flexibility index (Phi) is 4.27. The van der Waals surface area contributed by atoms with Crippen molar-refractivity contribution in [2.75, 3.05) is 19.5 Å². The lowest BCUT2D eigenvalue weighted by atomic mass is 9.94. The van der Waals surface area contributed by atoms with E-state index in [2.05, 4.69) is 10.3 Å². The van der Waals surface area contributed by atoms with Gasteiger partial charge >= 0.3 is 5.97 Å². The third kappa shape index (κ3) is 3.04. The Hall–Kier alpha value is -2.06. The molecule has 7 nitrogen and oxygen atoms in total. The van der Waals surface area contributed by atoms with E-state index < -0.39 is 11.5 Å². The molecule has 0 radical (unpaired) electrons. The van der Waals surface area contributed by atoms with Crippen molar-refractivity contribution >= 4 is 29.2 Å². The van der Waals surface area contributed by atoms with Gasteiger partial charge in [-0.1, -0.05) is 17.8 Å². The number of carbonyl (C=O) groups excluding carboxylic acids is 1. The second-order valence-electron chi connectivity index (χ2n) is 5.51. The van der Waals surface area contributed by atoms with Crippen LogP contribution in [-0.4, -0.2) is 51.4 Å². The highest BCUT2D eigenvalue weighted by molar-refractivity contribution is 7.98. The van der Waals surface area contributed by atoms with Crippen molar-refractivity contribution in [3.8, 4) is 0 Å². The highest BCUT2D eigenvalue weighted by Gasteiger charge is 2.39. The van der Waals surface area contributed by atoms with Gasteiger partial charge in [-0.05, 0) is 24.8 Å². The van der Waals surface area contributed by atoms with Crippen molar-refractivity contribution in [1.82, 2.24) is 14.7 Å². The van der Waals surface area contributed by atoms with Crippen LogP contribution in [0.25, 0.3) is 5.52 Å². The topological polar surface area (TPSA) is 92.9 Å². The molecular weight excluding hydrogens is 318 g/mol. The number of carboxylic acid groups (broad SMARTS) is 1. The maximum atomic E-state index is 12.7. The van der Waals surface area contributed by atoms with Crippen molar-refractivity contribution in [2.24, 2.45) is 0 Å². The molecule has 1 atom stereocenters. The van der Waals surface area contributed by atoms with Crippen LogP contribution in [0.5, 0.6) is 0 Å². The predicted octanol–water partition coefficient (Wildman–Crippen LogP) is 1.42. The lowest BCUT2D eigenvalue weighted by Gasteiger charge is -2.26. The molecule has 0 aromatic carbocycles. The number of nitrogens with zero attached hydrogens (tertiary/aromatic N) is 2. The van der Waals surface area contributed by atoms with E-state index in [0.29, 0.717) is 29.4 Å². The van der Waals surface area contributed by atoms with Crippen LogP contribution in [0.1, 0.15) is 23.3 Å². The Morgan fingerprint density at radius 3 is 3.00 bits per heavy atom. The molecule has 122 valence electrons. The number of thioether (sulfide) groups is 1. The van der Waals surface area contributed by atoms with Crippen LogP contribution in [0.4, 0.5) is 0 Å². The van der Waals surface area contributed by atoms with Gasteiger partial charge in [0.15, 0.2) is 10.9 Å². The summed E-state index contributed by atoms with van der Waals surface area (Å²) >= 11 is 1.44. The quantitative estimate of drug-likeness (QED) is 0.803. The lowest BCUT2D eigenvalue weighted by Crippen LogP contribution is -2.50. The summed E-state index contributed by atoms with van der Waals surface area (Å²) in [6, 6.07) is 5.52. The molecular formula is C15H17N3O4S. The first-order chi connectivity index (χ1) is 11.0. The molecule has 1 aliphatic rings. The molecule has 0 aliphatic carbocycles. The van der Waals surface area contributed by atoms with Crippen LogP contribution in [0.15, 0.2) is 29.6 Å². The number of carbonyl (C=O) groups is 2. The number of aliphatic carboxylic acids is 1. The number of rotatable bonds is 5. The van der Waals surface area contributed by atoms with Gasteiger partial charge in [0.1, 0.15) is 0 Å². The van der Waals surface area contributed by atoms with Crippen LogP contribution in [0, 0.1) is 0 Å². The summed E-state index contributed by atoms with van der Waals surface area (Å²) in [5.41, 5.74) is 0.123. The Labute approximate surface area is 137 Å². The highest BCUT2D eigenvalue weighted by Crippen LogP contribution is 2.25. The van der Waals surface area contributed by atoms with Crippen molar-refractivity contribution in [1.29, 1.82) is 0 Å². The van der Waals surface area contributed by atoms with Gasteiger partial charge < -0.3 is 15.2 Å². The first kappa shape index (κ1) is 15.8. The average Bonchev–Trinajstić information content (AvgIpc) is 3.11. The van der Waals surface area contributed by atoms with Crippen LogP contribution in [0.2, 0.25) is 0 Å². The molecule has 1 saturated heterocycles. The van der Waals surface area contributed by atoms with Gasteiger partial charge in [-0.15, -0.1) is 0 Å². The van der Waals surface area contributed by atoms with Crippen LogP contribution >= 0.6 is 11.8 Å². The van der Waals surface area contributed by atoms with Crippen molar-refractivity contribution in [2.45, 2.75) is 23.5 Å². The number of hydrogen-bond donors (Lipinski definition) is 2. The third-order valence-corrected chi connectivity index (χ3v) is 4.54. The Balaban J connectivity index is 1.92. The number of ether oxygens (including phenoxy) is 1. The standard InChI is InChI=1S/C15H17N3O4S/c1-23-14-16-12(10-4-2-3-6-18(10)14)13(21)17-15(8-11(19)20)5-7-22-9-15/h2-4,6H,5,7-9H2,1H3,(H,17,21)(H,19,20). The second kappa shape index (κ2) is 6.21. The van der Waals surface area contributed by atoms with E-state index >= 15 is 0 Å². The van der Waals surface area contributed by atoms with E-state index in [1.165, 1.54) is 11.8 Å². The number of amides is 1. The van der Waals surface area contributed by atoms with Crippen molar-refractivity contribution in [3.05, 3.63) is 30.1 Å². The van der Waals surface area contributed by atoms with Crippen LogP contribution in [-0.2, 0) is 9.53 Å². The largest absolute Gasteiger partial charge is 0.481 e. The van der Waals surface area contributed by atoms with E-state index in [1.807, 2.05) is 35.1 Å². The molecule has 8 heteroatoms. The molecule has 1 aliphatic heterocycles. The SMILES string of the molecule is CSc1nc(C(=O)NC2(CC(=O)O)CCOC2)c2ccccn12. The zero-order chi connectivity index (χ0) is 16.4. The fourth-order valence-corrected chi connectivity index (χ4v) is 3.34. The number of carboxylic acids is 1. The fraction of sp³-hybridized carbons (Fsp3) is 0.400. The van der Waals surface area contributed by atoms with Crippen molar-refractivity contribution in [3.63, 3.8) is 0 Å². The minimum absolute atomic E-state index is 0.167. The molecule has 0 bridgehead atoms. The molecule has 3 rings (SSSR count). The molecule has 2 aromatic heterocycles. The number of nitrogens with one attached hydrogen (secondary N) is 1. The molecule has 0 saturated carbocycles. The van der Waals surface area contributed by atoms with Gasteiger partial charge in [0.25, 0.3) is 5.91 Å². The van der Waals surface area contributed by atoms with Crippen molar-refractivity contribution < 1.29 is 19.4 Å². The number of imidazole rings is 1. The summed E-state index contributed by atoms with van der Waals surface area (Å²) in [6.07, 6.45) is 4.04. The zero-order valence-electron chi connectivity index (χ0n) is 12.6. The number of aromatic nitrogens is 2. The molecule has 0 spiro atoms. The van der Waals surface area contributed by atoms with E-state index in [1.54, 1.807) is 0 Å². The van der Waals surface area contributed by atoms with Crippen LogP contribution in [0.3, 0.4) is 0 Å². The molecule has 2 aromatic rings. The van der Waals surface area contributed by atoms with Gasteiger partial charge in [-0.2, -0.15) is 0 Å². The van der Waals surface area contributed by atoms with Gasteiger partial charge in [0.05, 0.1) is 24.1 Å². The Bertz CT molecular complexity index is 752. The summed E-state index contributed by atoms with van der Waals surface area (Å²) in [7, 11) is 0. The summed E-state index contributed by atoms with van der Waals surface area (Å²) < 4.78 is 7.15. The zero-order valence-corrected chi connectivity index (χ0v) is 13.4. The minimum Gasteiger partial charge on any atom is -0.481 e. The number of hydrogen-bond acceptors (Lipinski definition) is 5. The van der Waals surface area contributed by atoms with Gasteiger partial charge in [-0.25, -0.2) is 4.98 Å². The molecule has 1 amide bonds. The molecule has 1 unspecified atom stereocenters.